The largest absolute Gasteiger partial charge is 0.497 e. The summed E-state index contributed by atoms with van der Waals surface area (Å²) in [5.74, 6) is 0.500. The molecule has 1 saturated heterocycles. The molecule has 0 radical (unpaired) electrons. The van der Waals surface area contributed by atoms with E-state index in [2.05, 4.69) is 12.1 Å². The van der Waals surface area contributed by atoms with E-state index in [1.165, 1.54) is 23.3 Å². The van der Waals surface area contributed by atoms with E-state index in [9.17, 15) is 14.0 Å². The molecule has 2 aliphatic rings. The van der Waals surface area contributed by atoms with E-state index >= 15 is 0 Å². The van der Waals surface area contributed by atoms with Gasteiger partial charge in [-0.15, -0.1) is 0 Å². The van der Waals surface area contributed by atoms with Crippen LogP contribution in [0.25, 0.3) is 0 Å². The molecule has 0 saturated carbocycles. The predicted octanol–water partition coefficient (Wildman–Crippen LogP) is 4.28. The Morgan fingerprint density at radius 1 is 1.10 bits per heavy atom. The van der Waals surface area contributed by atoms with Crippen LogP contribution in [0.4, 0.5) is 4.39 Å². The van der Waals surface area contributed by atoms with Gasteiger partial charge in [-0.1, -0.05) is 17.7 Å². The standard InChI is InChI=1S/C24H26ClFN2O3/c1-31-19-6-8-20-16(13-19)3-2-4-17(20)14-23(29)27-9-11-28(12-10-27)24(30)21-7-5-18(26)15-22(21)25/h5-8,13,15,17H,2-4,9-12,14H2,1H3. The van der Waals surface area contributed by atoms with Gasteiger partial charge in [-0.3, -0.25) is 9.59 Å². The monoisotopic (exact) mass is 444 g/mol. The van der Waals surface area contributed by atoms with Crippen molar-refractivity contribution in [1.82, 2.24) is 9.80 Å². The topological polar surface area (TPSA) is 49.9 Å². The Bertz CT molecular complexity index is 989. The van der Waals surface area contributed by atoms with Crippen molar-refractivity contribution >= 4 is 23.4 Å². The molecule has 1 aliphatic heterocycles. The molecule has 0 aromatic heterocycles. The van der Waals surface area contributed by atoms with E-state index in [0.29, 0.717) is 32.6 Å². The summed E-state index contributed by atoms with van der Waals surface area (Å²) >= 11 is 6.03. The Morgan fingerprint density at radius 3 is 2.55 bits per heavy atom. The van der Waals surface area contributed by atoms with Crippen molar-refractivity contribution in [3.8, 4) is 5.75 Å². The molecule has 0 spiro atoms. The van der Waals surface area contributed by atoms with Crippen molar-refractivity contribution in [2.75, 3.05) is 33.3 Å². The second-order valence-corrected chi connectivity index (χ2v) is 8.56. The van der Waals surface area contributed by atoms with Crippen molar-refractivity contribution in [3.05, 3.63) is 63.9 Å². The zero-order valence-electron chi connectivity index (χ0n) is 17.6. The molecule has 5 nitrogen and oxygen atoms in total. The van der Waals surface area contributed by atoms with E-state index in [1.807, 2.05) is 11.0 Å². The molecule has 2 aromatic rings. The number of aryl methyl sites for hydroxylation is 1. The fraction of sp³-hybridized carbons (Fsp3) is 0.417. The zero-order valence-corrected chi connectivity index (χ0v) is 18.3. The fourth-order valence-corrected chi connectivity index (χ4v) is 4.81. The molecule has 1 fully saturated rings. The maximum absolute atomic E-state index is 13.3. The Hall–Kier alpha value is -2.60. The minimum atomic E-state index is -0.473. The first-order valence-electron chi connectivity index (χ1n) is 10.6. The van der Waals surface area contributed by atoms with Crippen LogP contribution >= 0.6 is 11.6 Å². The number of hydrogen-bond acceptors (Lipinski definition) is 3. The van der Waals surface area contributed by atoms with E-state index in [4.69, 9.17) is 16.3 Å². The number of piperazine rings is 1. The molecular formula is C24H26ClFN2O3. The Labute approximate surface area is 186 Å². The lowest BCUT2D eigenvalue weighted by Gasteiger charge is -2.36. The van der Waals surface area contributed by atoms with Crippen LogP contribution in [0.2, 0.25) is 5.02 Å². The number of methoxy groups -OCH3 is 1. The highest BCUT2D eigenvalue weighted by Gasteiger charge is 2.29. The molecule has 164 valence electrons. The SMILES string of the molecule is COc1ccc2c(c1)CCCC2CC(=O)N1CCN(C(=O)c2ccc(F)cc2Cl)CC1. The molecular weight excluding hydrogens is 419 g/mol. The number of rotatable bonds is 4. The van der Waals surface area contributed by atoms with Crippen LogP contribution in [-0.4, -0.2) is 54.9 Å². The van der Waals surface area contributed by atoms with Gasteiger partial charge >= 0.3 is 0 Å². The first-order valence-corrected chi connectivity index (χ1v) is 11.0. The molecule has 7 heteroatoms. The molecule has 1 heterocycles. The molecule has 4 rings (SSSR count). The fourth-order valence-electron chi connectivity index (χ4n) is 4.56. The van der Waals surface area contributed by atoms with Crippen molar-refractivity contribution in [3.63, 3.8) is 0 Å². The second-order valence-electron chi connectivity index (χ2n) is 8.16. The molecule has 2 amide bonds. The van der Waals surface area contributed by atoms with Crippen molar-refractivity contribution < 1.29 is 18.7 Å². The first kappa shape index (κ1) is 21.6. The van der Waals surface area contributed by atoms with E-state index < -0.39 is 5.82 Å². The lowest BCUT2D eigenvalue weighted by molar-refractivity contribution is -0.133. The van der Waals surface area contributed by atoms with Crippen LogP contribution in [0.5, 0.6) is 5.75 Å². The normalized spacial score (nSPS) is 18.5. The number of hydrogen-bond donors (Lipinski definition) is 0. The van der Waals surface area contributed by atoms with Gasteiger partial charge in [0.1, 0.15) is 11.6 Å². The third-order valence-electron chi connectivity index (χ3n) is 6.29. The van der Waals surface area contributed by atoms with Gasteiger partial charge in [0.2, 0.25) is 5.91 Å². The maximum Gasteiger partial charge on any atom is 0.255 e. The van der Waals surface area contributed by atoms with E-state index in [1.54, 1.807) is 12.0 Å². The second kappa shape index (κ2) is 9.27. The summed E-state index contributed by atoms with van der Waals surface area (Å²) in [6.45, 7) is 1.87. The zero-order chi connectivity index (χ0) is 22.0. The minimum absolute atomic E-state index is 0.108. The van der Waals surface area contributed by atoms with Crippen molar-refractivity contribution in [2.45, 2.75) is 31.6 Å². The number of carbonyl (C=O) groups excluding carboxylic acids is 2. The van der Waals surface area contributed by atoms with Gasteiger partial charge in [0, 0.05) is 32.6 Å². The average molecular weight is 445 g/mol. The number of carbonyl (C=O) groups is 2. The Balaban J connectivity index is 1.35. The Morgan fingerprint density at radius 2 is 1.84 bits per heavy atom. The van der Waals surface area contributed by atoms with Crippen LogP contribution in [0, 0.1) is 5.82 Å². The van der Waals surface area contributed by atoms with Gasteiger partial charge < -0.3 is 14.5 Å². The first-order chi connectivity index (χ1) is 15.0. The predicted molar refractivity (Wildman–Crippen MR) is 117 cm³/mol. The van der Waals surface area contributed by atoms with Crippen LogP contribution in [0.3, 0.4) is 0 Å². The summed E-state index contributed by atoms with van der Waals surface area (Å²) in [5, 5.41) is 0.108. The van der Waals surface area contributed by atoms with Gasteiger partial charge in [-0.25, -0.2) is 4.39 Å². The molecule has 2 aromatic carbocycles. The highest BCUT2D eigenvalue weighted by molar-refractivity contribution is 6.33. The summed E-state index contributed by atoms with van der Waals surface area (Å²) in [5.41, 5.74) is 2.81. The van der Waals surface area contributed by atoms with Gasteiger partial charge in [0.15, 0.2) is 0 Å². The van der Waals surface area contributed by atoms with Crippen LogP contribution in [0.15, 0.2) is 36.4 Å². The van der Waals surface area contributed by atoms with Gasteiger partial charge in [0.05, 0.1) is 17.7 Å². The quantitative estimate of drug-likeness (QED) is 0.707. The van der Waals surface area contributed by atoms with E-state index in [-0.39, 0.29) is 28.3 Å². The number of halogens is 2. The van der Waals surface area contributed by atoms with Crippen LogP contribution in [-0.2, 0) is 11.2 Å². The molecule has 31 heavy (non-hydrogen) atoms. The summed E-state index contributed by atoms with van der Waals surface area (Å²) in [7, 11) is 1.67. The van der Waals surface area contributed by atoms with Gasteiger partial charge in [0.25, 0.3) is 5.91 Å². The Kier molecular flexibility index (Phi) is 6.46. The molecule has 1 aliphatic carbocycles. The van der Waals surface area contributed by atoms with Crippen LogP contribution < -0.4 is 4.74 Å². The molecule has 1 unspecified atom stereocenters. The number of fused-ring (bicyclic) bond motifs is 1. The van der Waals surface area contributed by atoms with Gasteiger partial charge in [-0.05, 0) is 66.6 Å². The molecule has 1 atom stereocenters. The van der Waals surface area contributed by atoms with Crippen LogP contribution in [0.1, 0.15) is 46.7 Å². The summed E-state index contributed by atoms with van der Waals surface area (Å²) < 4.78 is 18.6. The van der Waals surface area contributed by atoms with Crippen molar-refractivity contribution in [2.24, 2.45) is 0 Å². The smallest absolute Gasteiger partial charge is 0.255 e. The lowest BCUT2D eigenvalue weighted by atomic mass is 9.80. The van der Waals surface area contributed by atoms with Gasteiger partial charge in [-0.2, -0.15) is 0 Å². The summed E-state index contributed by atoms with van der Waals surface area (Å²) in [6.07, 6.45) is 3.58. The number of benzene rings is 2. The number of nitrogens with zero attached hydrogens (tertiary/aromatic N) is 2. The summed E-state index contributed by atoms with van der Waals surface area (Å²) in [4.78, 5) is 29.2. The summed E-state index contributed by atoms with van der Waals surface area (Å²) in [6, 6.07) is 9.92. The highest BCUT2D eigenvalue weighted by Crippen LogP contribution is 2.36. The maximum atomic E-state index is 13.3. The highest BCUT2D eigenvalue weighted by atomic mass is 35.5. The minimum Gasteiger partial charge on any atom is -0.497 e. The van der Waals surface area contributed by atoms with E-state index in [0.717, 1.165) is 31.1 Å². The number of amides is 2. The lowest BCUT2D eigenvalue weighted by Crippen LogP contribution is -2.50. The average Bonchev–Trinajstić information content (AvgIpc) is 2.78. The number of ether oxygens (including phenoxy) is 1. The molecule has 0 N–H and O–H groups in total. The third kappa shape index (κ3) is 4.69. The molecule has 0 bridgehead atoms. The van der Waals surface area contributed by atoms with Crippen molar-refractivity contribution in [1.29, 1.82) is 0 Å². The third-order valence-corrected chi connectivity index (χ3v) is 6.60.